The Morgan fingerprint density at radius 1 is 1.27 bits per heavy atom. The number of alkyl carbamates (subject to hydrolysis) is 1. The summed E-state index contributed by atoms with van der Waals surface area (Å²) in [7, 11) is 0. The van der Waals surface area contributed by atoms with E-state index in [0.29, 0.717) is 11.3 Å². The zero-order valence-electron chi connectivity index (χ0n) is 15.1. The smallest absolute Gasteiger partial charge is 0.411 e. The Bertz CT molecular complexity index is 666. The fourth-order valence-electron chi connectivity index (χ4n) is 1.95. The molecule has 8 heteroatoms. The van der Waals surface area contributed by atoms with Crippen LogP contribution in [0.1, 0.15) is 26.3 Å². The van der Waals surface area contributed by atoms with Crippen molar-refractivity contribution in [3.05, 3.63) is 42.5 Å². The Hall–Kier alpha value is -3.03. The van der Waals surface area contributed by atoms with E-state index in [4.69, 9.17) is 9.47 Å². The number of aliphatic carboxylic acids is 1. The van der Waals surface area contributed by atoms with Gasteiger partial charge in [-0.05, 0) is 38.5 Å². The minimum absolute atomic E-state index is 0.0196. The van der Waals surface area contributed by atoms with E-state index in [1.54, 1.807) is 45.0 Å². The number of nitrogens with one attached hydrogen (secondary N) is 2. The first-order valence-electron chi connectivity index (χ1n) is 7.96. The van der Waals surface area contributed by atoms with Crippen molar-refractivity contribution in [2.75, 3.05) is 11.9 Å². The molecule has 8 nitrogen and oxygen atoms in total. The predicted molar refractivity (Wildman–Crippen MR) is 96.1 cm³/mol. The molecule has 0 aliphatic rings. The molecule has 0 radical (unpaired) electrons. The summed E-state index contributed by atoms with van der Waals surface area (Å²) in [4.78, 5) is 34.8. The van der Waals surface area contributed by atoms with Gasteiger partial charge < -0.3 is 19.9 Å². The molecule has 0 heterocycles. The molecule has 3 N–H and O–H groups in total. The van der Waals surface area contributed by atoms with Gasteiger partial charge in [0, 0.05) is 12.1 Å². The van der Waals surface area contributed by atoms with Gasteiger partial charge in [-0.2, -0.15) is 0 Å². The molecule has 2 amide bonds. The van der Waals surface area contributed by atoms with Crippen molar-refractivity contribution in [3.8, 4) is 0 Å². The number of rotatable bonds is 7. The number of ether oxygens (including phenoxy) is 2. The topological polar surface area (TPSA) is 114 Å². The summed E-state index contributed by atoms with van der Waals surface area (Å²) in [5, 5.41) is 14.2. The molecule has 142 valence electrons. The van der Waals surface area contributed by atoms with E-state index >= 15 is 0 Å². The molecule has 1 rings (SSSR count). The fourth-order valence-corrected chi connectivity index (χ4v) is 1.95. The Morgan fingerprint density at radius 3 is 2.54 bits per heavy atom. The number of carbonyl (C=O) groups is 3. The molecule has 0 aromatic heterocycles. The van der Waals surface area contributed by atoms with Crippen LogP contribution < -0.4 is 10.6 Å². The lowest BCUT2D eigenvalue weighted by atomic mass is 10.1. The quantitative estimate of drug-likeness (QED) is 0.641. The number of carbonyl (C=O) groups excluding carboxylic acids is 2. The average molecular weight is 364 g/mol. The van der Waals surface area contributed by atoms with Crippen LogP contribution in [0.15, 0.2) is 36.9 Å². The van der Waals surface area contributed by atoms with Gasteiger partial charge in [0.05, 0.1) is 0 Å². The molecular weight excluding hydrogens is 340 g/mol. The molecule has 1 aromatic carbocycles. The van der Waals surface area contributed by atoms with E-state index < -0.39 is 29.8 Å². The highest BCUT2D eigenvalue weighted by molar-refractivity contribution is 5.85. The second-order valence-corrected chi connectivity index (χ2v) is 6.45. The molecule has 0 fully saturated rings. The number of hydrogen-bond donors (Lipinski definition) is 3. The largest absolute Gasteiger partial charge is 0.480 e. The van der Waals surface area contributed by atoms with Gasteiger partial charge in [-0.3, -0.25) is 5.32 Å². The number of anilines is 1. The van der Waals surface area contributed by atoms with E-state index in [-0.39, 0.29) is 13.0 Å². The zero-order chi connectivity index (χ0) is 19.7. The van der Waals surface area contributed by atoms with Crippen molar-refractivity contribution in [3.63, 3.8) is 0 Å². The Kier molecular flexibility index (Phi) is 7.64. The lowest BCUT2D eigenvalue weighted by molar-refractivity contribution is -0.139. The summed E-state index contributed by atoms with van der Waals surface area (Å²) < 4.78 is 9.89. The van der Waals surface area contributed by atoms with Crippen LogP contribution in [0.4, 0.5) is 15.3 Å². The number of benzene rings is 1. The van der Waals surface area contributed by atoms with Gasteiger partial charge in [-0.25, -0.2) is 14.4 Å². The van der Waals surface area contributed by atoms with Gasteiger partial charge in [0.2, 0.25) is 0 Å². The average Bonchev–Trinajstić information content (AvgIpc) is 2.50. The monoisotopic (exact) mass is 364 g/mol. The lowest BCUT2D eigenvalue weighted by Gasteiger charge is -2.22. The maximum Gasteiger partial charge on any atom is 0.411 e. The van der Waals surface area contributed by atoms with Gasteiger partial charge in [0.15, 0.2) is 0 Å². The molecule has 0 bridgehead atoms. The number of carboxylic acid groups (broad SMARTS) is 1. The summed E-state index contributed by atoms with van der Waals surface area (Å²) in [5.74, 6) is -1.19. The third-order valence-corrected chi connectivity index (χ3v) is 2.93. The normalized spacial score (nSPS) is 11.8. The number of amides is 2. The summed E-state index contributed by atoms with van der Waals surface area (Å²) in [5.41, 5.74) is 0.316. The molecule has 1 unspecified atom stereocenters. The van der Waals surface area contributed by atoms with Gasteiger partial charge in [0.25, 0.3) is 0 Å². The van der Waals surface area contributed by atoms with Gasteiger partial charge in [0.1, 0.15) is 18.2 Å². The van der Waals surface area contributed by atoms with E-state index in [9.17, 15) is 19.5 Å². The fraction of sp³-hybridized carbons (Fsp3) is 0.389. The van der Waals surface area contributed by atoms with Crippen LogP contribution in [0.3, 0.4) is 0 Å². The van der Waals surface area contributed by atoms with Crippen LogP contribution in [0.2, 0.25) is 0 Å². The van der Waals surface area contributed by atoms with Crippen molar-refractivity contribution in [1.29, 1.82) is 0 Å². The standard InChI is InChI=1S/C18H24N2O6/c1-5-9-25-16(23)19-13-8-6-7-12(10-13)11-14(15(21)22)20-17(24)26-18(2,3)4/h5-8,10,14H,1,9,11H2,2-4H3,(H,19,23)(H,20,24)(H,21,22). The van der Waals surface area contributed by atoms with Crippen LogP contribution in [-0.2, 0) is 20.7 Å². The maximum atomic E-state index is 11.8. The second kappa shape index (κ2) is 9.45. The van der Waals surface area contributed by atoms with Gasteiger partial charge in [-0.15, -0.1) is 0 Å². The van der Waals surface area contributed by atoms with E-state index in [1.807, 2.05) is 0 Å². The lowest BCUT2D eigenvalue weighted by Crippen LogP contribution is -2.44. The van der Waals surface area contributed by atoms with Crippen LogP contribution in [0, 0.1) is 0 Å². The molecule has 1 aromatic rings. The first-order valence-corrected chi connectivity index (χ1v) is 7.96. The molecule has 0 aliphatic heterocycles. The minimum Gasteiger partial charge on any atom is -0.480 e. The van der Waals surface area contributed by atoms with Crippen molar-refractivity contribution in [2.24, 2.45) is 0 Å². The van der Waals surface area contributed by atoms with Crippen LogP contribution >= 0.6 is 0 Å². The molecule has 0 aliphatic carbocycles. The van der Waals surface area contributed by atoms with Gasteiger partial charge >= 0.3 is 18.2 Å². The Balaban J connectivity index is 2.75. The van der Waals surface area contributed by atoms with Gasteiger partial charge in [-0.1, -0.05) is 24.8 Å². The molecule has 26 heavy (non-hydrogen) atoms. The maximum absolute atomic E-state index is 11.8. The number of hydrogen-bond acceptors (Lipinski definition) is 5. The SMILES string of the molecule is C=CCOC(=O)Nc1cccc(CC(NC(=O)OC(C)(C)C)C(=O)O)c1. The van der Waals surface area contributed by atoms with Crippen LogP contribution in [-0.4, -0.2) is 41.5 Å². The Labute approximate surface area is 152 Å². The van der Waals surface area contributed by atoms with Crippen molar-refractivity contribution in [2.45, 2.75) is 38.8 Å². The third kappa shape index (κ3) is 8.18. The summed E-state index contributed by atoms with van der Waals surface area (Å²) in [6.07, 6.45) is -0.00221. The highest BCUT2D eigenvalue weighted by atomic mass is 16.6. The van der Waals surface area contributed by atoms with Crippen LogP contribution in [0.25, 0.3) is 0 Å². The zero-order valence-corrected chi connectivity index (χ0v) is 15.1. The summed E-state index contributed by atoms with van der Waals surface area (Å²) in [6.45, 7) is 8.57. The highest BCUT2D eigenvalue weighted by Crippen LogP contribution is 2.14. The first kappa shape index (κ1) is 21.0. The molecule has 1 atom stereocenters. The number of carboxylic acids is 1. The van der Waals surface area contributed by atoms with Crippen molar-refractivity contribution in [1.82, 2.24) is 5.32 Å². The van der Waals surface area contributed by atoms with E-state index in [0.717, 1.165) is 0 Å². The molecule has 0 saturated carbocycles. The molecule has 0 spiro atoms. The first-order chi connectivity index (χ1) is 12.1. The van der Waals surface area contributed by atoms with Crippen molar-refractivity contribution < 1.29 is 29.0 Å². The van der Waals surface area contributed by atoms with Crippen LogP contribution in [0.5, 0.6) is 0 Å². The predicted octanol–water partition coefficient (Wildman–Crippen LogP) is 2.94. The minimum atomic E-state index is -1.19. The van der Waals surface area contributed by atoms with E-state index in [2.05, 4.69) is 17.2 Å². The van der Waals surface area contributed by atoms with E-state index in [1.165, 1.54) is 6.08 Å². The molecular formula is C18H24N2O6. The highest BCUT2D eigenvalue weighted by Gasteiger charge is 2.24. The van der Waals surface area contributed by atoms with Crippen molar-refractivity contribution >= 4 is 23.8 Å². The third-order valence-electron chi connectivity index (χ3n) is 2.93. The molecule has 0 saturated heterocycles. The Morgan fingerprint density at radius 2 is 1.96 bits per heavy atom. The summed E-state index contributed by atoms with van der Waals surface area (Å²) in [6, 6.07) is 5.41. The second-order valence-electron chi connectivity index (χ2n) is 6.45. The summed E-state index contributed by atoms with van der Waals surface area (Å²) >= 11 is 0.